The Morgan fingerprint density at radius 2 is 2.00 bits per heavy atom. The van der Waals surface area contributed by atoms with Gasteiger partial charge in [-0.05, 0) is 0 Å². The van der Waals surface area contributed by atoms with Crippen LogP contribution in [0.1, 0.15) is 5.69 Å². The molecule has 0 aromatic carbocycles. The quantitative estimate of drug-likeness (QED) is 0.631. The van der Waals surface area contributed by atoms with E-state index < -0.39 is 17.6 Å². The van der Waals surface area contributed by atoms with Gasteiger partial charge >= 0.3 is 6.18 Å². The topological polar surface area (TPSA) is 59.1 Å². The van der Waals surface area contributed by atoms with Gasteiger partial charge in [-0.3, -0.25) is 0 Å². The maximum Gasteiger partial charge on any atom is 0.435 e. The van der Waals surface area contributed by atoms with Crippen molar-refractivity contribution < 1.29 is 18.3 Å². The van der Waals surface area contributed by atoms with E-state index in [2.05, 4.69) is 4.98 Å². The van der Waals surface area contributed by atoms with E-state index in [9.17, 15) is 13.2 Å². The molecule has 1 aromatic rings. The first-order valence-electron chi connectivity index (χ1n) is 2.93. The van der Waals surface area contributed by atoms with Gasteiger partial charge in [0, 0.05) is 6.07 Å². The second-order valence-corrected chi connectivity index (χ2v) is 2.13. The zero-order valence-electron chi connectivity index (χ0n) is 5.76. The van der Waals surface area contributed by atoms with Gasteiger partial charge in [0.1, 0.15) is 5.75 Å². The smallest absolute Gasteiger partial charge is 0.435 e. The predicted octanol–water partition coefficient (Wildman–Crippen LogP) is 1.39. The molecule has 0 bridgehead atoms. The molecular formula is C6H5F3N2O. The van der Waals surface area contributed by atoms with Crippen molar-refractivity contribution in [3.8, 4) is 5.75 Å². The van der Waals surface area contributed by atoms with E-state index in [1.54, 1.807) is 0 Å². The van der Waals surface area contributed by atoms with Crippen LogP contribution in [-0.2, 0) is 6.18 Å². The van der Waals surface area contributed by atoms with E-state index in [0.717, 1.165) is 6.07 Å². The van der Waals surface area contributed by atoms with E-state index in [4.69, 9.17) is 10.8 Å². The third-order valence-electron chi connectivity index (χ3n) is 1.17. The third kappa shape index (κ3) is 1.58. The van der Waals surface area contributed by atoms with Crippen molar-refractivity contribution in [2.24, 2.45) is 0 Å². The SMILES string of the molecule is Nc1cc(O)cnc1C(F)(F)F. The van der Waals surface area contributed by atoms with Crippen LogP contribution in [0.3, 0.4) is 0 Å². The average molecular weight is 178 g/mol. The van der Waals surface area contributed by atoms with Gasteiger partial charge in [0.15, 0.2) is 5.69 Å². The highest BCUT2D eigenvalue weighted by molar-refractivity contribution is 5.47. The predicted molar refractivity (Wildman–Crippen MR) is 35.3 cm³/mol. The molecule has 0 saturated carbocycles. The van der Waals surface area contributed by atoms with Crippen molar-refractivity contribution in [3.63, 3.8) is 0 Å². The Morgan fingerprint density at radius 3 is 2.42 bits per heavy atom. The van der Waals surface area contributed by atoms with Crippen LogP contribution in [0.5, 0.6) is 5.75 Å². The second-order valence-electron chi connectivity index (χ2n) is 2.13. The molecule has 1 aromatic heterocycles. The van der Waals surface area contributed by atoms with Gasteiger partial charge < -0.3 is 10.8 Å². The fourth-order valence-corrected chi connectivity index (χ4v) is 0.707. The number of hydrogen-bond acceptors (Lipinski definition) is 3. The first-order chi connectivity index (χ1) is 5.41. The standard InChI is InChI=1S/C6H5F3N2O/c7-6(8,9)5-4(10)1-3(12)2-11-5/h1-2,12H,10H2. The molecule has 1 rings (SSSR count). The number of rotatable bonds is 0. The lowest BCUT2D eigenvalue weighted by Crippen LogP contribution is -2.10. The lowest BCUT2D eigenvalue weighted by atomic mass is 10.3. The zero-order valence-corrected chi connectivity index (χ0v) is 5.76. The summed E-state index contributed by atoms with van der Waals surface area (Å²) in [4.78, 5) is 2.95. The molecule has 0 aliphatic carbocycles. The molecule has 0 atom stereocenters. The van der Waals surface area contributed by atoms with E-state index >= 15 is 0 Å². The van der Waals surface area contributed by atoms with Gasteiger partial charge in [-0.15, -0.1) is 0 Å². The fraction of sp³-hybridized carbons (Fsp3) is 0.167. The van der Waals surface area contributed by atoms with Crippen molar-refractivity contribution in [1.82, 2.24) is 4.98 Å². The molecule has 3 N–H and O–H groups in total. The molecule has 0 amide bonds. The van der Waals surface area contributed by atoms with E-state index in [0.29, 0.717) is 6.20 Å². The van der Waals surface area contributed by atoms with Crippen LogP contribution in [0.15, 0.2) is 12.3 Å². The number of anilines is 1. The monoisotopic (exact) mass is 178 g/mol. The van der Waals surface area contributed by atoms with Crippen LogP contribution in [-0.4, -0.2) is 10.1 Å². The normalized spacial score (nSPS) is 11.6. The van der Waals surface area contributed by atoms with Gasteiger partial charge in [-0.2, -0.15) is 13.2 Å². The molecule has 0 spiro atoms. The maximum atomic E-state index is 12.0. The summed E-state index contributed by atoms with van der Waals surface area (Å²) in [5.74, 6) is -0.388. The summed E-state index contributed by atoms with van der Waals surface area (Å²) in [6.07, 6.45) is -3.88. The van der Waals surface area contributed by atoms with Crippen LogP contribution in [0.4, 0.5) is 18.9 Å². The van der Waals surface area contributed by atoms with Gasteiger partial charge in [0.05, 0.1) is 11.9 Å². The van der Waals surface area contributed by atoms with Crippen LogP contribution in [0.2, 0.25) is 0 Å². The number of nitrogens with two attached hydrogens (primary N) is 1. The van der Waals surface area contributed by atoms with Gasteiger partial charge in [0.25, 0.3) is 0 Å². The zero-order chi connectivity index (χ0) is 9.35. The van der Waals surface area contributed by atoms with E-state index in [1.807, 2.05) is 0 Å². The van der Waals surface area contributed by atoms with Crippen LogP contribution in [0, 0.1) is 0 Å². The number of nitrogen functional groups attached to an aromatic ring is 1. The molecule has 0 unspecified atom stereocenters. The molecule has 66 valence electrons. The molecule has 0 radical (unpaired) electrons. The highest BCUT2D eigenvalue weighted by atomic mass is 19.4. The Hall–Kier alpha value is -1.46. The highest BCUT2D eigenvalue weighted by Crippen LogP contribution is 2.32. The Bertz CT molecular complexity index is 297. The van der Waals surface area contributed by atoms with Gasteiger partial charge in [0.2, 0.25) is 0 Å². The lowest BCUT2D eigenvalue weighted by Gasteiger charge is -2.07. The minimum absolute atomic E-state index is 0.388. The number of nitrogens with zero attached hydrogens (tertiary/aromatic N) is 1. The van der Waals surface area contributed by atoms with Gasteiger partial charge in [-0.1, -0.05) is 0 Å². The Kier molecular flexibility index (Phi) is 1.83. The van der Waals surface area contributed by atoms with Crippen LogP contribution < -0.4 is 5.73 Å². The van der Waals surface area contributed by atoms with E-state index in [1.165, 1.54) is 0 Å². The van der Waals surface area contributed by atoms with Crippen molar-refractivity contribution >= 4 is 5.69 Å². The third-order valence-corrected chi connectivity index (χ3v) is 1.17. The number of hydrogen-bond donors (Lipinski definition) is 2. The molecule has 0 saturated heterocycles. The number of halogens is 3. The number of aromatic nitrogens is 1. The van der Waals surface area contributed by atoms with Crippen LogP contribution in [0.25, 0.3) is 0 Å². The average Bonchev–Trinajstić information content (AvgIpc) is 1.83. The molecule has 0 fully saturated rings. The molecule has 6 heteroatoms. The van der Waals surface area contributed by atoms with Crippen molar-refractivity contribution in [2.75, 3.05) is 5.73 Å². The molecule has 0 aliphatic rings. The van der Waals surface area contributed by atoms with Crippen LogP contribution >= 0.6 is 0 Å². The maximum absolute atomic E-state index is 12.0. The Morgan fingerprint density at radius 1 is 1.42 bits per heavy atom. The summed E-state index contributed by atoms with van der Waals surface area (Å²) in [6.45, 7) is 0. The Balaban J connectivity index is 3.19. The molecule has 12 heavy (non-hydrogen) atoms. The Labute approximate surface area is 65.6 Å². The first kappa shape index (κ1) is 8.63. The lowest BCUT2D eigenvalue weighted by molar-refractivity contribution is -0.140. The summed E-state index contributed by atoms with van der Waals surface area (Å²) in [6, 6.07) is 0.801. The number of alkyl halides is 3. The summed E-state index contributed by atoms with van der Waals surface area (Å²) >= 11 is 0. The molecular weight excluding hydrogens is 173 g/mol. The molecule has 1 heterocycles. The first-order valence-corrected chi connectivity index (χ1v) is 2.93. The minimum atomic E-state index is -4.57. The molecule has 3 nitrogen and oxygen atoms in total. The van der Waals surface area contributed by atoms with Crippen molar-refractivity contribution in [1.29, 1.82) is 0 Å². The van der Waals surface area contributed by atoms with E-state index in [-0.39, 0.29) is 5.75 Å². The van der Waals surface area contributed by atoms with Crippen molar-refractivity contribution in [2.45, 2.75) is 6.18 Å². The summed E-state index contributed by atoms with van der Waals surface area (Å²) in [7, 11) is 0. The summed E-state index contributed by atoms with van der Waals surface area (Å²) in [5, 5.41) is 8.69. The van der Waals surface area contributed by atoms with Crippen molar-refractivity contribution in [3.05, 3.63) is 18.0 Å². The fourth-order valence-electron chi connectivity index (χ4n) is 0.707. The largest absolute Gasteiger partial charge is 0.506 e. The van der Waals surface area contributed by atoms with Gasteiger partial charge in [-0.25, -0.2) is 4.98 Å². The molecule has 0 aliphatic heterocycles. The summed E-state index contributed by atoms with van der Waals surface area (Å²) < 4.78 is 35.9. The number of pyridine rings is 1. The minimum Gasteiger partial charge on any atom is -0.506 e. The summed E-state index contributed by atoms with van der Waals surface area (Å²) in [5.41, 5.74) is 3.20. The second kappa shape index (κ2) is 2.54. The highest BCUT2D eigenvalue weighted by Gasteiger charge is 2.34. The number of aromatic hydroxyl groups is 1.